The van der Waals surface area contributed by atoms with E-state index in [-0.39, 0.29) is 11.3 Å². The standard InChI is InChI=1S/C24H50N2O/c1-6-8-9-10-11-12-13-14-15-16-17-18-19-20-22(3)24(4,5)23(27)26-25-21-7-2/h22,25H,6-21H2,1-5H3,(H,26,27). The van der Waals surface area contributed by atoms with Gasteiger partial charge in [-0.3, -0.25) is 10.2 Å². The summed E-state index contributed by atoms with van der Waals surface area (Å²) < 4.78 is 0. The molecule has 0 heterocycles. The number of carbonyl (C=O) groups is 1. The van der Waals surface area contributed by atoms with Crippen LogP contribution in [0.15, 0.2) is 0 Å². The molecular weight excluding hydrogens is 332 g/mol. The average Bonchev–Trinajstić information content (AvgIpc) is 2.65. The molecule has 27 heavy (non-hydrogen) atoms. The molecule has 0 aromatic carbocycles. The molecule has 0 rings (SSSR count). The smallest absolute Gasteiger partial charge is 0.239 e. The Morgan fingerprint density at radius 1 is 0.741 bits per heavy atom. The number of hydrogen-bond donors (Lipinski definition) is 2. The normalized spacial score (nSPS) is 12.9. The summed E-state index contributed by atoms with van der Waals surface area (Å²) >= 11 is 0. The monoisotopic (exact) mass is 382 g/mol. The Morgan fingerprint density at radius 3 is 1.63 bits per heavy atom. The van der Waals surface area contributed by atoms with Crippen LogP contribution >= 0.6 is 0 Å². The minimum Gasteiger partial charge on any atom is -0.291 e. The highest BCUT2D eigenvalue weighted by Gasteiger charge is 2.33. The molecule has 0 aliphatic rings. The maximum absolute atomic E-state index is 12.3. The van der Waals surface area contributed by atoms with Crippen molar-refractivity contribution in [1.29, 1.82) is 0 Å². The molecule has 0 aliphatic carbocycles. The second-order valence-corrected chi connectivity index (χ2v) is 9.03. The van der Waals surface area contributed by atoms with Gasteiger partial charge < -0.3 is 0 Å². The SMILES string of the molecule is CCCCCCCCCCCCCCCC(C)C(C)(C)C(=O)NNCCC. The minimum absolute atomic E-state index is 0.123. The van der Waals surface area contributed by atoms with Crippen molar-refractivity contribution in [2.75, 3.05) is 6.54 Å². The van der Waals surface area contributed by atoms with E-state index in [1.165, 1.54) is 83.5 Å². The highest BCUT2D eigenvalue weighted by Crippen LogP contribution is 2.31. The topological polar surface area (TPSA) is 41.1 Å². The van der Waals surface area contributed by atoms with E-state index >= 15 is 0 Å². The number of hydrogen-bond acceptors (Lipinski definition) is 2. The average molecular weight is 383 g/mol. The van der Waals surface area contributed by atoms with Gasteiger partial charge in [0, 0.05) is 12.0 Å². The van der Waals surface area contributed by atoms with Crippen molar-refractivity contribution in [3.63, 3.8) is 0 Å². The molecule has 0 saturated heterocycles. The van der Waals surface area contributed by atoms with Crippen molar-refractivity contribution >= 4 is 5.91 Å². The Hall–Kier alpha value is -0.570. The molecule has 0 saturated carbocycles. The Bertz CT molecular complexity index is 341. The molecule has 3 heteroatoms. The number of amides is 1. The van der Waals surface area contributed by atoms with Crippen LogP contribution in [0.4, 0.5) is 0 Å². The van der Waals surface area contributed by atoms with Crippen LogP contribution in [0.25, 0.3) is 0 Å². The molecule has 0 aliphatic heterocycles. The van der Waals surface area contributed by atoms with Gasteiger partial charge in [0.2, 0.25) is 5.91 Å². The molecule has 0 radical (unpaired) electrons. The summed E-state index contributed by atoms with van der Waals surface area (Å²) in [7, 11) is 0. The molecule has 0 aromatic heterocycles. The lowest BCUT2D eigenvalue weighted by molar-refractivity contribution is -0.133. The van der Waals surface area contributed by atoms with Crippen LogP contribution < -0.4 is 10.9 Å². The van der Waals surface area contributed by atoms with E-state index in [1.54, 1.807) is 0 Å². The second kappa shape index (κ2) is 17.5. The lowest BCUT2D eigenvalue weighted by Gasteiger charge is -2.30. The summed E-state index contributed by atoms with van der Waals surface area (Å²) in [5, 5.41) is 0. The van der Waals surface area contributed by atoms with Crippen LogP contribution in [-0.4, -0.2) is 12.5 Å². The van der Waals surface area contributed by atoms with Crippen LogP contribution in [0.3, 0.4) is 0 Å². The van der Waals surface area contributed by atoms with Gasteiger partial charge in [0.05, 0.1) is 0 Å². The summed E-state index contributed by atoms with van der Waals surface area (Å²) in [4.78, 5) is 12.3. The van der Waals surface area contributed by atoms with Crippen LogP contribution in [-0.2, 0) is 4.79 Å². The zero-order valence-corrected chi connectivity index (χ0v) is 19.3. The maximum atomic E-state index is 12.3. The summed E-state index contributed by atoms with van der Waals surface area (Å²) in [6.07, 6.45) is 20.2. The lowest BCUT2D eigenvalue weighted by Crippen LogP contribution is -2.47. The van der Waals surface area contributed by atoms with Gasteiger partial charge in [-0.1, -0.05) is 118 Å². The van der Waals surface area contributed by atoms with Crippen molar-refractivity contribution in [3.8, 4) is 0 Å². The first-order valence-corrected chi connectivity index (χ1v) is 12.0. The highest BCUT2D eigenvalue weighted by atomic mass is 16.2. The van der Waals surface area contributed by atoms with Crippen LogP contribution in [0.2, 0.25) is 0 Å². The number of unbranched alkanes of at least 4 members (excludes halogenated alkanes) is 12. The Kier molecular flexibility index (Phi) is 17.2. The quantitative estimate of drug-likeness (QED) is 0.184. The molecule has 3 nitrogen and oxygen atoms in total. The predicted octanol–water partition coefficient (Wildman–Crippen LogP) is 7.16. The number of hydrazine groups is 1. The van der Waals surface area contributed by atoms with E-state index in [2.05, 4.69) is 45.5 Å². The highest BCUT2D eigenvalue weighted by molar-refractivity contribution is 5.81. The van der Waals surface area contributed by atoms with E-state index < -0.39 is 0 Å². The molecule has 0 fully saturated rings. The molecule has 1 unspecified atom stereocenters. The van der Waals surface area contributed by atoms with E-state index in [0.717, 1.165) is 19.4 Å². The molecule has 0 bridgehead atoms. The third-order valence-corrected chi connectivity index (χ3v) is 6.13. The maximum Gasteiger partial charge on any atom is 0.239 e. The number of nitrogens with one attached hydrogen (secondary N) is 2. The molecule has 2 N–H and O–H groups in total. The Morgan fingerprint density at radius 2 is 1.19 bits per heavy atom. The van der Waals surface area contributed by atoms with Gasteiger partial charge in [-0.2, -0.15) is 0 Å². The Balaban J connectivity index is 3.56. The number of rotatable bonds is 19. The van der Waals surface area contributed by atoms with Gasteiger partial charge in [0.25, 0.3) is 0 Å². The second-order valence-electron chi connectivity index (χ2n) is 9.03. The molecular formula is C24H50N2O. The van der Waals surface area contributed by atoms with Crippen LogP contribution in [0.1, 0.15) is 131 Å². The van der Waals surface area contributed by atoms with Gasteiger partial charge in [0.1, 0.15) is 0 Å². The van der Waals surface area contributed by atoms with E-state index in [0.29, 0.717) is 5.92 Å². The molecule has 1 amide bonds. The minimum atomic E-state index is -0.308. The summed E-state index contributed by atoms with van der Waals surface area (Å²) in [5.41, 5.74) is 5.57. The van der Waals surface area contributed by atoms with E-state index in [4.69, 9.17) is 0 Å². The van der Waals surface area contributed by atoms with Gasteiger partial charge in [0.15, 0.2) is 0 Å². The first kappa shape index (κ1) is 26.4. The molecule has 0 spiro atoms. The predicted molar refractivity (Wildman–Crippen MR) is 120 cm³/mol. The Labute approximate surface area is 170 Å². The fourth-order valence-corrected chi connectivity index (χ4v) is 3.48. The van der Waals surface area contributed by atoms with Gasteiger partial charge in [-0.25, -0.2) is 5.43 Å². The van der Waals surface area contributed by atoms with Gasteiger partial charge >= 0.3 is 0 Å². The first-order chi connectivity index (χ1) is 13.0. The van der Waals surface area contributed by atoms with E-state index in [1.807, 2.05) is 0 Å². The van der Waals surface area contributed by atoms with E-state index in [9.17, 15) is 4.79 Å². The third kappa shape index (κ3) is 14.1. The first-order valence-electron chi connectivity index (χ1n) is 12.0. The summed E-state index contributed by atoms with van der Waals surface area (Å²) in [5.74, 6) is 0.534. The molecule has 1 atom stereocenters. The van der Waals surface area contributed by atoms with Crippen molar-refractivity contribution in [2.45, 2.75) is 131 Å². The third-order valence-electron chi connectivity index (χ3n) is 6.13. The molecule has 0 aromatic rings. The van der Waals surface area contributed by atoms with Crippen molar-refractivity contribution in [3.05, 3.63) is 0 Å². The fraction of sp³-hybridized carbons (Fsp3) is 0.958. The van der Waals surface area contributed by atoms with Gasteiger partial charge in [-0.15, -0.1) is 0 Å². The summed E-state index contributed by atoms with van der Waals surface area (Å²) in [6.45, 7) is 11.6. The zero-order chi connectivity index (χ0) is 20.4. The molecule has 162 valence electrons. The fourth-order valence-electron chi connectivity index (χ4n) is 3.48. The van der Waals surface area contributed by atoms with Crippen molar-refractivity contribution in [2.24, 2.45) is 11.3 Å². The number of carbonyl (C=O) groups excluding carboxylic acids is 1. The van der Waals surface area contributed by atoms with Crippen molar-refractivity contribution < 1.29 is 4.79 Å². The summed E-state index contributed by atoms with van der Waals surface area (Å²) in [6, 6.07) is 0. The van der Waals surface area contributed by atoms with Gasteiger partial charge in [-0.05, 0) is 18.8 Å². The zero-order valence-electron chi connectivity index (χ0n) is 19.3. The van der Waals surface area contributed by atoms with Crippen LogP contribution in [0, 0.1) is 11.3 Å². The van der Waals surface area contributed by atoms with Crippen LogP contribution in [0.5, 0.6) is 0 Å². The van der Waals surface area contributed by atoms with Crippen molar-refractivity contribution in [1.82, 2.24) is 10.9 Å². The largest absolute Gasteiger partial charge is 0.291 e. The lowest BCUT2D eigenvalue weighted by atomic mass is 9.76.